The average Bonchev–Trinajstić information content (AvgIpc) is 3.09. The summed E-state index contributed by atoms with van der Waals surface area (Å²) in [4.78, 5) is 23.9. The molecule has 0 saturated heterocycles. The van der Waals surface area contributed by atoms with Crippen LogP contribution >= 0.6 is 11.6 Å². The van der Waals surface area contributed by atoms with Gasteiger partial charge in [0.05, 0.1) is 11.3 Å². The summed E-state index contributed by atoms with van der Waals surface area (Å²) in [5.74, 6) is 0.238. The summed E-state index contributed by atoms with van der Waals surface area (Å²) in [6.45, 7) is 4.40. The normalized spacial score (nSPS) is 20.8. The molecule has 0 spiro atoms. The van der Waals surface area contributed by atoms with E-state index >= 15 is 0 Å². The number of hydrogen-bond acceptors (Lipinski definition) is 2. The summed E-state index contributed by atoms with van der Waals surface area (Å²) in [5.41, 5.74) is 0.912. The van der Waals surface area contributed by atoms with E-state index in [-0.39, 0.29) is 17.7 Å². The van der Waals surface area contributed by atoms with Gasteiger partial charge < -0.3 is 10.6 Å². The number of amides is 2. The van der Waals surface area contributed by atoms with Gasteiger partial charge in [0.1, 0.15) is 0 Å². The van der Waals surface area contributed by atoms with Crippen LogP contribution in [0.2, 0.25) is 5.02 Å². The van der Waals surface area contributed by atoms with Crippen LogP contribution in [0.15, 0.2) is 18.2 Å². The van der Waals surface area contributed by atoms with Crippen molar-refractivity contribution < 1.29 is 9.59 Å². The molecule has 19 heavy (non-hydrogen) atoms. The van der Waals surface area contributed by atoms with E-state index in [9.17, 15) is 9.59 Å². The second-order valence-electron chi connectivity index (χ2n) is 4.86. The van der Waals surface area contributed by atoms with Gasteiger partial charge in [-0.05, 0) is 37.5 Å². The van der Waals surface area contributed by atoms with Gasteiger partial charge in [-0.25, -0.2) is 0 Å². The number of carbonyl (C=O) groups excluding carboxylic acids is 2. The third-order valence-electron chi connectivity index (χ3n) is 3.27. The number of nitrogens with one attached hydrogen (secondary N) is 2. The van der Waals surface area contributed by atoms with Crippen molar-refractivity contribution in [1.29, 1.82) is 0 Å². The fourth-order valence-corrected chi connectivity index (χ4v) is 2.15. The van der Waals surface area contributed by atoms with Crippen molar-refractivity contribution in [3.8, 4) is 0 Å². The summed E-state index contributed by atoms with van der Waals surface area (Å²) >= 11 is 5.90. The molecule has 4 nitrogen and oxygen atoms in total. The molecule has 1 aromatic carbocycles. The van der Waals surface area contributed by atoms with E-state index in [2.05, 4.69) is 10.6 Å². The van der Waals surface area contributed by atoms with Crippen LogP contribution in [0.4, 0.5) is 5.69 Å². The molecule has 1 aromatic rings. The molecular formula is C14H17ClN2O2. The first-order valence-corrected chi connectivity index (χ1v) is 6.79. The second-order valence-corrected chi connectivity index (χ2v) is 5.29. The Morgan fingerprint density at radius 1 is 1.42 bits per heavy atom. The van der Waals surface area contributed by atoms with Crippen LogP contribution in [-0.4, -0.2) is 18.4 Å². The molecule has 1 aliphatic rings. The van der Waals surface area contributed by atoms with Crippen LogP contribution in [0.25, 0.3) is 0 Å². The quantitative estimate of drug-likeness (QED) is 0.891. The molecule has 0 radical (unpaired) electrons. The zero-order valence-electron chi connectivity index (χ0n) is 11.0. The van der Waals surface area contributed by atoms with E-state index < -0.39 is 0 Å². The molecule has 102 valence electrons. The minimum atomic E-state index is -0.232. The van der Waals surface area contributed by atoms with E-state index in [0.29, 0.717) is 28.7 Å². The van der Waals surface area contributed by atoms with Crippen molar-refractivity contribution in [2.24, 2.45) is 11.8 Å². The van der Waals surface area contributed by atoms with E-state index in [1.54, 1.807) is 18.2 Å². The van der Waals surface area contributed by atoms with Crippen molar-refractivity contribution >= 4 is 29.1 Å². The fourth-order valence-electron chi connectivity index (χ4n) is 1.98. The van der Waals surface area contributed by atoms with Crippen molar-refractivity contribution in [3.05, 3.63) is 28.8 Å². The first kappa shape index (κ1) is 13.9. The highest BCUT2D eigenvalue weighted by atomic mass is 35.5. The molecule has 0 aromatic heterocycles. The molecular weight excluding hydrogens is 264 g/mol. The lowest BCUT2D eigenvalue weighted by Gasteiger charge is -2.11. The van der Waals surface area contributed by atoms with Gasteiger partial charge in [0.2, 0.25) is 5.91 Å². The molecule has 1 aliphatic carbocycles. The molecule has 1 fully saturated rings. The van der Waals surface area contributed by atoms with Crippen LogP contribution in [0.5, 0.6) is 0 Å². The predicted octanol–water partition coefficient (Wildman–Crippen LogP) is 2.68. The van der Waals surface area contributed by atoms with Gasteiger partial charge >= 0.3 is 0 Å². The predicted molar refractivity (Wildman–Crippen MR) is 75.4 cm³/mol. The van der Waals surface area contributed by atoms with Gasteiger partial charge in [0, 0.05) is 17.5 Å². The smallest absolute Gasteiger partial charge is 0.253 e. The number of anilines is 1. The van der Waals surface area contributed by atoms with E-state index in [1.165, 1.54) is 0 Å². The van der Waals surface area contributed by atoms with Crippen LogP contribution in [0.3, 0.4) is 0 Å². The summed E-state index contributed by atoms with van der Waals surface area (Å²) in [6, 6.07) is 4.90. The first-order chi connectivity index (χ1) is 9.02. The molecule has 5 heteroatoms. The lowest BCUT2D eigenvalue weighted by Crippen LogP contribution is -2.25. The minimum Gasteiger partial charge on any atom is -0.352 e. The van der Waals surface area contributed by atoms with Crippen LogP contribution in [0, 0.1) is 11.8 Å². The van der Waals surface area contributed by atoms with E-state index in [0.717, 1.165) is 6.42 Å². The van der Waals surface area contributed by atoms with E-state index in [4.69, 9.17) is 11.6 Å². The third-order valence-corrected chi connectivity index (χ3v) is 3.50. The van der Waals surface area contributed by atoms with Gasteiger partial charge in [-0.15, -0.1) is 0 Å². The molecule has 0 unspecified atom stereocenters. The minimum absolute atomic E-state index is 0.0274. The number of halogens is 1. The maximum absolute atomic E-state index is 11.9. The second kappa shape index (κ2) is 5.61. The number of hydrogen-bond donors (Lipinski definition) is 2. The molecule has 2 atom stereocenters. The average molecular weight is 281 g/mol. The number of carbonyl (C=O) groups is 2. The monoisotopic (exact) mass is 280 g/mol. The van der Waals surface area contributed by atoms with Crippen molar-refractivity contribution in [1.82, 2.24) is 5.32 Å². The lowest BCUT2D eigenvalue weighted by atomic mass is 10.1. The molecule has 0 aliphatic heterocycles. The summed E-state index contributed by atoms with van der Waals surface area (Å²) in [6.07, 6.45) is 0.913. The van der Waals surface area contributed by atoms with Gasteiger partial charge in [0.15, 0.2) is 0 Å². The molecule has 2 N–H and O–H groups in total. The maximum atomic E-state index is 11.9. The van der Waals surface area contributed by atoms with Gasteiger partial charge in [-0.3, -0.25) is 9.59 Å². The third kappa shape index (κ3) is 3.26. The van der Waals surface area contributed by atoms with Gasteiger partial charge in [-0.2, -0.15) is 0 Å². The highest BCUT2D eigenvalue weighted by Crippen LogP contribution is 2.38. The summed E-state index contributed by atoms with van der Waals surface area (Å²) < 4.78 is 0. The van der Waals surface area contributed by atoms with Crippen LogP contribution < -0.4 is 10.6 Å². The highest BCUT2D eigenvalue weighted by Gasteiger charge is 2.39. The molecule has 0 heterocycles. The Morgan fingerprint density at radius 3 is 2.68 bits per heavy atom. The van der Waals surface area contributed by atoms with Crippen LogP contribution in [-0.2, 0) is 4.79 Å². The highest BCUT2D eigenvalue weighted by molar-refractivity contribution is 6.31. The summed E-state index contributed by atoms with van der Waals surface area (Å²) in [7, 11) is 0. The van der Waals surface area contributed by atoms with Crippen molar-refractivity contribution in [3.63, 3.8) is 0 Å². The van der Waals surface area contributed by atoms with E-state index in [1.807, 2.05) is 13.8 Å². The Bertz CT molecular complexity index is 516. The molecule has 2 amide bonds. The van der Waals surface area contributed by atoms with Crippen molar-refractivity contribution in [2.75, 3.05) is 11.9 Å². The largest absolute Gasteiger partial charge is 0.352 e. The summed E-state index contributed by atoms with van der Waals surface area (Å²) in [5, 5.41) is 5.99. The number of rotatable bonds is 4. The maximum Gasteiger partial charge on any atom is 0.253 e. The Morgan fingerprint density at radius 2 is 2.11 bits per heavy atom. The Balaban J connectivity index is 2.19. The molecule has 0 bridgehead atoms. The molecule has 2 rings (SSSR count). The standard InChI is InChI=1S/C14H17ClN2O2/c1-3-16-13(18)11-7-9(15)4-5-12(11)17-14(19)10-6-8(10)2/h4-5,7-8,10H,3,6H2,1-2H3,(H,16,18)(H,17,19)/t8-,10+/m0/s1. The SMILES string of the molecule is CCNC(=O)c1cc(Cl)ccc1NC(=O)[C@@H]1C[C@@H]1C. The number of benzene rings is 1. The zero-order chi connectivity index (χ0) is 14.0. The Hall–Kier alpha value is -1.55. The van der Waals surface area contributed by atoms with Crippen molar-refractivity contribution in [2.45, 2.75) is 20.3 Å². The first-order valence-electron chi connectivity index (χ1n) is 6.41. The van der Waals surface area contributed by atoms with Crippen LogP contribution in [0.1, 0.15) is 30.6 Å². The topological polar surface area (TPSA) is 58.2 Å². The molecule has 1 saturated carbocycles. The Labute approximate surface area is 117 Å². The zero-order valence-corrected chi connectivity index (χ0v) is 11.8. The van der Waals surface area contributed by atoms with Gasteiger partial charge in [-0.1, -0.05) is 18.5 Å². The Kier molecular flexibility index (Phi) is 4.10. The van der Waals surface area contributed by atoms with Gasteiger partial charge in [0.25, 0.3) is 5.91 Å². The lowest BCUT2D eigenvalue weighted by molar-refractivity contribution is -0.117. The fraction of sp³-hybridized carbons (Fsp3) is 0.429.